The largest absolute Gasteiger partial charge is 0.456 e. The molecule has 2 radical (unpaired) electrons. The van der Waals surface area contributed by atoms with Crippen molar-refractivity contribution in [3.05, 3.63) is 96.2 Å². The number of ether oxygens (including phenoxy) is 1. The quantitative estimate of drug-likeness (QED) is 0.238. The van der Waals surface area contributed by atoms with E-state index < -0.39 is 0 Å². The summed E-state index contributed by atoms with van der Waals surface area (Å²) in [5, 5.41) is 5.50. The fourth-order valence-corrected chi connectivity index (χ4v) is 4.08. The zero-order valence-corrected chi connectivity index (χ0v) is 15.8. The van der Waals surface area contributed by atoms with Crippen molar-refractivity contribution in [3.63, 3.8) is 0 Å². The van der Waals surface area contributed by atoms with Crippen molar-refractivity contribution >= 4 is 46.3 Å². The normalized spacial score (nSPS) is 11.3. The van der Waals surface area contributed by atoms with Crippen LogP contribution < -0.4 is 0 Å². The second kappa shape index (κ2) is 7.14. The smallest absolute Gasteiger partial charge is 0.355 e. The van der Waals surface area contributed by atoms with Crippen LogP contribution >= 0.6 is 0 Å². The third-order valence-corrected chi connectivity index (χ3v) is 5.39. The molecule has 0 fully saturated rings. The second-order valence-electron chi connectivity index (χ2n) is 7.06. The van der Waals surface area contributed by atoms with Crippen LogP contribution in [0.2, 0.25) is 0 Å². The molecule has 5 aromatic rings. The first kappa shape index (κ1) is 17.6. The maximum atomic E-state index is 12.9. The molecular weight excluding hydrogens is 357 g/mol. The molecule has 4 aromatic carbocycles. The molecule has 1 aromatic heterocycles. The van der Waals surface area contributed by atoms with Gasteiger partial charge in [0, 0.05) is 10.8 Å². The van der Waals surface area contributed by atoms with Crippen molar-refractivity contribution < 1.29 is 9.53 Å². The molecule has 1 heterocycles. The van der Waals surface area contributed by atoms with Gasteiger partial charge in [-0.05, 0) is 34.2 Å². The van der Waals surface area contributed by atoms with Crippen molar-refractivity contribution in [1.82, 2.24) is 4.57 Å². The molecule has 4 heteroatoms. The van der Waals surface area contributed by atoms with Crippen molar-refractivity contribution in [2.45, 2.75) is 13.1 Å². The Hall–Kier alpha value is -3.53. The van der Waals surface area contributed by atoms with Crippen molar-refractivity contribution in [1.29, 1.82) is 0 Å². The van der Waals surface area contributed by atoms with Gasteiger partial charge < -0.3 is 9.30 Å². The zero-order valence-electron chi connectivity index (χ0n) is 15.8. The maximum absolute atomic E-state index is 12.9. The van der Waals surface area contributed by atoms with Gasteiger partial charge in [0.2, 0.25) is 0 Å². The van der Waals surface area contributed by atoms with E-state index in [2.05, 4.69) is 24.3 Å². The number of aromatic nitrogens is 1. The number of fused-ring (bicyclic) bond motifs is 6. The lowest BCUT2D eigenvalue weighted by atomic mass is 9.98. The summed E-state index contributed by atoms with van der Waals surface area (Å²) in [5.41, 5.74) is 2.39. The van der Waals surface area contributed by atoms with Gasteiger partial charge in [0.25, 0.3) is 0 Å². The van der Waals surface area contributed by atoms with Gasteiger partial charge in [-0.25, -0.2) is 4.79 Å². The van der Waals surface area contributed by atoms with E-state index in [0.717, 1.165) is 38.0 Å². The summed E-state index contributed by atoms with van der Waals surface area (Å²) in [5.74, 6) is -0.372. The molecule has 0 unspecified atom stereocenters. The molecule has 0 N–H and O–H groups in total. The number of rotatable bonds is 4. The molecule has 0 spiro atoms. The lowest BCUT2D eigenvalue weighted by Crippen LogP contribution is -2.12. The summed E-state index contributed by atoms with van der Waals surface area (Å²) in [7, 11) is 6.10. The van der Waals surface area contributed by atoms with Gasteiger partial charge in [0.1, 0.15) is 12.3 Å². The number of carbonyl (C=O) groups is 1. The average molecular weight is 375 g/mol. The first-order valence-corrected chi connectivity index (χ1v) is 9.61. The first-order valence-electron chi connectivity index (χ1n) is 9.61. The molecular formula is C25H18BNO2. The van der Waals surface area contributed by atoms with Crippen LogP contribution in [-0.2, 0) is 17.8 Å². The van der Waals surface area contributed by atoms with E-state index in [1.54, 1.807) is 0 Å². The van der Waals surface area contributed by atoms with Gasteiger partial charge in [-0.1, -0.05) is 78.9 Å². The van der Waals surface area contributed by atoms with Gasteiger partial charge in [-0.3, -0.25) is 0 Å². The van der Waals surface area contributed by atoms with Crippen LogP contribution in [0, 0.1) is 0 Å². The van der Waals surface area contributed by atoms with Crippen molar-refractivity contribution in [2.75, 3.05) is 0 Å². The van der Waals surface area contributed by atoms with Crippen LogP contribution in [0.15, 0.2) is 84.9 Å². The second-order valence-corrected chi connectivity index (χ2v) is 7.06. The summed E-state index contributed by atoms with van der Waals surface area (Å²) in [6.07, 6.45) is 0.196. The Bertz CT molecular complexity index is 1360. The van der Waals surface area contributed by atoms with Crippen LogP contribution in [0.1, 0.15) is 16.1 Å². The number of esters is 1. The molecule has 3 nitrogen and oxygen atoms in total. The van der Waals surface area contributed by atoms with Gasteiger partial charge in [0.05, 0.1) is 13.4 Å². The maximum Gasteiger partial charge on any atom is 0.355 e. The van der Waals surface area contributed by atoms with Gasteiger partial charge >= 0.3 is 5.97 Å². The Labute approximate surface area is 169 Å². The Kier molecular flexibility index (Phi) is 4.32. The fraction of sp³-hybridized carbons (Fsp3) is 0.0800. The van der Waals surface area contributed by atoms with E-state index in [9.17, 15) is 4.79 Å². The predicted octanol–water partition coefficient (Wildman–Crippen LogP) is 5.43. The summed E-state index contributed by atoms with van der Waals surface area (Å²) >= 11 is 0. The Morgan fingerprint density at radius 2 is 1.31 bits per heavy atom. The minimum atomic E-state index is -0.372. The number of nitrogens with zero attached hydrogens (tertiary/aromatic N) is 1. The molecule has 29 heavy (non-hydrogen) atoms. The average Bonchev–Trinajstić information content (AvgIpc) is 3.18. The van der Waals surface area contributed by atoms with Gasteiger partial charge in [-0.15, -0.1) is 0 Å². The molecule has 0 amide bonds. The van der Waals surface area contributed by atoms with E-state index in [-0.39, 0.29) is 19.0 Å². The van der Waals surface area contributed by atoms with Crippen LogP contribution in [0.5, 0.6) is 0 Å². The molecule has 138 valence electrons. The Morgan fingerprint density at radius 3 is 1.97 bits per heavy atom. The van der Waals surface area contributed by atoms with E-state index >= 15 is 0 Å². The SMILES string of the molecule is [B]Cn1c(C(=O)OCc2ccccc2)cc2c3ccccc3c3ccccc3c21. The molecule has 0 aliphatic carbocycles. The fourth-order valence-electron chi connectivity index (χ4n) is 4.08. The number of benzene rings is 4. The van der Waals surface area contributed by atoms with E-state index in [0.29, 0.717) is 5.69 Å². The summed E-state index contributed by atoms with van der Waals surface area (Å²) in [4.78, 5) is 12.9. The third-order valence-electron chi connectivity index (χ3n) is 5.39. The number of hydrogen-bond donors (Lipinski definition) is 0. The van der Waals surface area contributed by atoms with E-state index in [1.807, 2.05) is 65.2 Å². The van der Waals surface area contributed by atoms with Gasteiger partial charge in [0.15, 0.2) is 0 Å². The number of hydrogen-bond acceptors (Lipinski definition) is 2. The zero-order chi connectivity index (χ0) is 19.8. The monoisotopic (exact) mass is 375 g/mol. The highest BCUT2D eigenvalue weighted by Gasteiger charge is 2.20. The highest BCUT2D eigenvalue weighted by Crippen LogP contribution is 2.36. The summed E-state index contributed by atoms with van der Waals surface area (Å²) in [6.45, 7) is 0.229. The van der Waals surface area contributed by atoms with Crippen LogP contribution in [-0.4, -0.2) is 18.4 Å². The summed E-state index contributed by atoms with van der Waals surface area (Å²) < 4.78 is 7.45. The molecule has 0 bridgehead atoms. The third kappa shape index (κ3) is 2.88. The minimum Gasteiger partial charge on any atom is -0.456 e. The lowest BCUT2D eigenvalue weighted by Gasteiger charge is -2.12. The van der Waals surface area contributed by atoms with E-state index in [1.165, 1.54) is 0 Å². The molecule has 0 saturated heterocycles. The highest BCUT2D eigenvalue weighted by molar-refractivity contribution is 6.26. The molecule has 0 saturated carbocycles. The predicted molar refractivity (Wildman–Crippen MR) is 118 cm³/mol. The lowest BCUT2D eigenvalue weighted by molar-refractivity contribution is 0.0462. The van der Waals surface area contributed by atoms with Crippen molar-refractivity contribution in [3.8, 4) is 0 Å². The molecule has 0 aliphatic rings. The molecule has 0 atom stereocenters. The Balaban J connectivity index is 1.70. The van der Waals surface area contributed by atoms with E-state index in [4.69, 9.17) is 12.6 Å². The minimum absolute atomic E-state index is 0.196. The van der Waals surface area contributed by atoms with Crippen molar-refractivity contribution in [2.24, 2.45) is 0 Å². The standard InChI is InChI=1S/C25H18BNO2/c26-16-27-23(25(28)29-15-17-8-2-1-3-9-17)14-22-20-12-5-4-10-18(20)19-11-6-7-13-21(19)24(22)27/h1-14H,15-16H2. The van der Waals surface area contributed by atoms with Gasteiger partial charge in [-0.2, -0.15) is 0 Å². The van der Waals surface area contributed by atoms with Crippen LogP contribution in [0.25, 0.3) is 32.4 Å². The van der Waals surface area contributed by atoms with Crippen LogP contribution in [0.4, 0.5) is 0 Å². The first-order chi connectivity index (χ1) is 14.3. The molecule has 5 rings (SSSR count). The Morgan fingerprint density at radius 1 is 0.759 bits per heavy atom. The summed E-state index contributed by atoms with van der Waals surface area (Å²) in [6, 6.07) is 28.1. The number of carbonyl (C=O) groups excluding carboxylic acids is 1. The highest BCUT2D eigenvalue weighted by atomic mass is 16.5. The van der Waals surface area contributed by atoms with Crippen LogP contribution in [0.3, 0.4) is 0 Å². The molecule has 0 aliphatic heterocycles. The topological polar surface area (TPSA) is 31.2 Å².